The van der Waals surface area contributed by atoms with E-state index in [4.69, 9.17) is 9.84 Å². The van der Waals surface area contributed by atoms with Gasteiger partial charge in [-0.3, -0.25) is 14.4 Å². The third kappa shape index (κ3) is 9.49. The summed E-state index contributed by atoms with van der Waals surface area (Å²) < 4.78 is 5.36. The van der Waals surface area contributed by atoms with Crippen LogP contribution in [0.1, 0.15) is 84.5 Å². The maximum atomic E-state index is 12.3. The van der Waals surface area contributed by atoms with Crippen LogP contribution in [0.5, 0.6) is 0 Å². The van der Waals surface area contributed by atoms with E-state index < -0.39 is 12.1 Å². The molecule has 6 heteroatoms. The molecule has 4 atom stereocenters. The third-order valence-electron chi connectivity index (χ3n) is 5.35. The average Bonchev–Trinajstić information content (AvgIpc) is 2.88. The molecule has 1 fully saturated rings. The standard InChI is InChI=1S/C22H36O6/c1-3-4-7-10-17(28-16(2)23)13-14-19-18(20(24)15-21(19)25)11-8-5-6-9-12-22(26)27/h13-14,17-19,21,25H,3-12,15H2,1-2H3,(H,26,27). The van der Waals surface area contributed by atoms with Crippen molar-refractivity contribution >= 4 is 17.7 Å². The van der Waals surface area contributed by atoms with Gasteiger partial charge in [-0.25, -0.2) is 0 Å². The maximum absolute atomic E-state index is 12.3. The van der Waals surface area contributed by atoms with Gasteiger partial charge in [0.25, 0.3) is 0 Å². The van der Waals surface area contributed by atoms with E-state index in [1.165, 1.54) is 6.92 Å². The summed E-state index contributed by atoms with van der Waals surface area (Å²) in [6.45, 7) is 3.51. The molecule has 2 N–H and O–H groups in total. The fraction of sp³-hybridized carbons (Fsp3) is 0.773. The zero-order valence-electron chi connectivity index (χ0n) is 17.3. The molecule has 0 aliphatic heterocycles. The number of aliphatic hydroxyl groups excluding tert-OH is 1. The molecule has 160 valence electrons. The lowest BCUT2D eigenvalue weighted by molar-refractivity contribution is -0.144. The highest BCUT2D eigenvalue weighted by molar-refractivity contribution is 5.84. The number of aliphatic hydroxyl groups is 1. The van der Waals surface area contributed by atoms with Crippen molar-refractivity contribution in [2.45, 2.75) is 96.7 Å². The predicted molar refractivity (Wildman–Crippen MR) is 107 cm³/mol. The second-order valence-electron chi connectivity index (χ2n) is 7.80. The Bertz CT molecular complexity index is 527. The number of ketones is 1. The van der Waals surface area contributed by atoms with Gasteiger partial charge in [0.15, 0.2) is 0 Å². The molecular weight excluding hydrogens is 360 g/mol. The molecule has 0 heterocycles. The Labute approximate surface area is 168 Å². The van der Waals surface area contributed by atoms with Gasteiger partial charge in [-0.15, -0.1) is 0 Å². The number of rotatable bonds is 14. The van der Waals surface area contributed by atoms with Crippen molar-refractivity contribution in [1.29, 1.82) is 0 Å². The van der Waals surface area contributed by atoms with Crippen molar-refractivity contribution in [2.24, 2.45) is 11.8 Å². The van der Waals surface area contributed by atoms with Crippen LogP contribution in [0.3, 0.4) is 0 Å². The van der Waals surface area contributed by atoms with Crippen LogP contribution in [0, 0.1) is 11.8 Å². The summed E-state index contributed by atoms with van der Waals surface area (Å²) in [6, 6.07) is 0. The van der Waals surface area contributed by atoms with Gasteiger partial charge in [0.05, 0.1) is 6.10 Å². The fourth-order valence-electron chi connectivity index (χ4n) is 3.84. The first-order valence-electron chi connectivity index (χ1n) is 10.6. The molecule has 28 heavy (non-hydrogen) atoms. The summed E-state index contributed by atoms with van der Waals surface area (Å²) in [5.74, 6) is -1.47. The molecule has 0 radical (unpaired) electrons. The highest BCUT2D eigenvalue weighted by Gasteiger charge is 2.39. The molecule has 1 rings (SSSR count). The Morgan fingerprint density at radius 2 is 1.89 bits per heavy atom. The molecule has 0 aromatic rings. The number of hydrogen-bond acceptors (Lipinski definition) is 5. The van der Waals surface area contributed by atoms with Crippen LogP contribution in [0.2, 0.25) is 0 Å². The molecular formula is C22H36O6. The van der Waals surface area contributed by atoms with Crippen molar-refractivity contribution in [3.63, 3.8) is 0 Å². The number of ether oxygens (including phenoxy) is 1. The summed E-state index contributed by atoms with van der Waals surface area (Å²) in [6.07, 6.45) is 10.8. The van der Waals surface area contributed by atoms with E-state index in [0.717, 1.165) is 44.9 Å². The fourth-order valence-corrected chi connectivity index (χ4v) is 3.84. The smallest absolute Gasteiger partial charge is 0.303 e. The Kier molecular flexibility index (Phi) is 11.7. The van der Waals surface area contributed by atoms with Crippen LogP contribution in [0.25, 0.3) is 0 Å². The summed E-state index contributed by atoms with van der Waals surface area (Å²) in [7, 11) is 0. The molecule has 1 aliphatic carbocycles. The van der Waals surface area contributed by atoms with Gasteiger partial charge < -0.3 is 14.9 Å². The van der Waals surface area contributed by atoms with Gasteiger partial charge in [0.2, 0.25) is 0 Å². The lowest BCUT2D eigenvalue weighted by Crippen LogP contribution is -2.20. The highest BCUT2D eigenvalue weighted by atomic mass is 16.5. The van der Waals surface area contributed by atoms with E-state index in [1.54, 1.807) is 0 Å². The largest absolute Gasteiger partial charge is 0.481 e. The summed E-state index contributed by atoms with van der Waals surface area (Å²) in [5, 5.41) is 19.0. The van der Waals surface area contributed by atoms with E-state index in [0.29, 0.717) is 12.8 Å². The van der Waals surface area contributed by atoms with Gasteiger partial charge in [0, 0.05) is 31.6 Å². The van der Waals surface area contributed by atoms with Gasteiger partial charge >= 0.3 is 11.9 Å². The molecule has 1 saturated carbocycles. The minimum atomic E-state index is -0.777. The van der Waals surface area contributed by atoms with E-state index in [2.05, 4.69) is 6.92 Å². The lowest BCUT2D eigenvalue weighted by Gasteiger charge is -2.19. The Morgan fingerprint density at radius 3 is 2.54 bits per heavy atom. The van der Waals surface area contributed by atoms with E-state index in [9.17, 15) is 19.5 Å². The van der Waals surface area contributed by atoms with Gasteiger partial charge in [0.1, 0.15) is 11.9 Å². The normalized spacial score (nSPS) is 23.2. The van der Waals surface area contributed by atoms with E-state index in [-0.39, 0.29) is 42.5 Å². The monoisotopic (exact) mass is 396 g/mol. The number of hydrogen-bond donors (Lipinski definition) is 2. The van der Waals surface area contributed by atoms with Crippen molar-refractivity contribution < 1.29 is 29.3 Å². The number of unbranched alkanes of at least 4 members (excludes halogenated alkanes) is 5. The molecule has 6 nitrogen and oxygen atoms in total. The van der Waals surface area contributed by atoms with Crippen molar-refractivity contribution in [3.05, 3.63) is 12.2 Å². The molecule has 1 aliphatic rings. The first-order valence-corrected chi connectivity index (χ1v) is 10.6. The van der Waals surface area contributed by atoms with Crippen LogP contribution in [-0.4, -0.2) is 40.1 Å². The van der Waals surface area contributed by atoms with Crippen LogP contribution >= 0.6 is 0 Å². The van der Waals surface area contributed by atoms with Crippen LogP contribution in [-0.2, 0) is 19.1 Å². The lowest BCUT2D eigenvalue weighted by atomic mass is 9.88. The molecule has 0 spiro atoms. The quantitative estimate of drug-likeness (QED) is 0.261. The zero-order chi connectivity index (χ0) is 20.9. The number of carboxylic acid groups (broad SMARTS) is 1. The zero-order valence-corrected chi connectivity index (χ0v) is 17.3. The van der Waals surface area contributed by atoms with Gasteiger partial charge in [-0.2, -0.15) is 0 Å². The highest BCUT2D eigenvalue weighted by Crippen LogP contribution is 2.34. The molecule has 0 amide bonds. The first-order chi connectivity index (χ1) is 13.3. The number of Topliss-reactive ketones (excluding diaryl/α,β-unsaturated/α-hetero) is 1. The molecule has 0 aromatic carbocycles. The number of aliphatic carboxylic acids is 1. The minimum absolute atomic E-state index is 0.0858. The maximum Gasteiger partial charge on any atom is 0.303 e. The topological polar surface area (TPSA) is 101 Å². The summed E-state index contributed by atoms with van der Waals surface area (Å²) in [5.41, 5.74) is 0. The van der Waals surface area contributed by atoms with Crippen molar-refractivity contribution in [2.75, 3.05) is 0 Å². The number of esters is 1. The summed E-state index contributed by atoms with van der Waals surface area (Å²) >= 11 is 0. The number of carboxylic acids is 1. The molecule has 4 unspecified atom stereocenters. The van der Waals surface area contributed by atoms with Crippen LogP contribution in [0.4, 0.5) is 0 Å². The second kappa shape index (κ2) is 13.5. The Balaban J connectivity index is 2.57. The Hall–Kier alpha value is -1.69. The SMILES string of the molecule is CCCCCC(C=CC1C(O)CC(=O)C1CCCCCCC(=O)O)OC(C)=O. The van der Waals surface area contributed by atoms with Crippen molar-refractivity contribution in [1.82, 2.24) is 0 Å². The van der Waals surface area contributed by atoms with Crippen LogP contribution < -0.4 is 0 Å². The van der Waals surface area contributed by atoms with Crippen molar-refractivity contribution in [3.8, 4) is 0 Å². The third-order valence-corrected chi connectivity index (χ3v) is 5.35. The Morgan fingerprint density at radius 1 is 1.18 bits per heavy atom. The van der Waals surface area contributed by atoms with Gasteiger partial charge in [-0.05, 0) is 31.8 Å². The molecule has 0 saturated heterocycles. The number of carbonyl (C=O) groups is 3. The summed E-state index contributed by atoms with van der Waals surface area (Å²) in [4.78, 5) is 34.1. The van der Waals surface area contributed by atoms with E-state index >= 15 is 0 Å². The number of carbonyl (C=O) groups excluding carboxylic acids is 2. The van der Waals surface area contributed by atoms with Gasteiger partial charge in [-0.1, -0.05) is 45.1 Å². The van der Waals surface area contributed by atoms with Crippen LogP contribution in [0.15, 0.2) is 12.2 Å². The molecule has 0 aromatic heterocycles. The average molecular weight is 397 g/mol. The second-order valence-corrected chi connectivity index (χ2v) is 7.80. The van der Waals surface area contributed by atoms with E-state index in [1.807, 2.05) is 12.2 Å². The predicted octanol–water partition coefficient (Wildman–Crippen LogP) is 4.05. The first kappa shape index (κ1) is 24.3. The molecule has 0 bridgehead atoms. The minimum Gasteiger partial charge on any atom is -0.481 e.